The normalized spacial score (nSPS) is 19.3. The maximum Gasteiger partial charge on any atom is 0.308 e. The summed E-state index contributed by atoms with van der Waals surface area (Å²) in [6, 6.07) is 4.69. The molecule has 2 N–H and O–H groups in total. The first-order valence-electron chi connectivity index (χ1n) is 9.38. The standard InChI is InChI=1S/C20H25N3O5/c1-20(2,3)28-17(25)9-10-21-14-6-4-5-12-13(14)11-23(19(12)27)15-7-8-16(24)22-18(15)26/h4-6,15,21H,7-11H2,1-3H3,(H,22,24,26). The SMILES string of the molecule is CC(C)(C)OC(=O)CCNc1cccc2c1CN(C1CCC(=O)NC1=O)C2=O. The molecule has 0 spiro atoms. The third-order valence-electron chi connectivity index (χ3n) is 4.65. The Balaban J connectivity index is 1.66. The summed E-state index contributed by atoms with van der Waals surface area (Å²) in [7, 11) is 0. The highest BCUT2D eigenvalue weighted by Gasteiger charge is 2.39. The lowest BCUT2D eigenvalue weighted by Crippen LogP contribution is -2.52. The number of carbonyl (C=O) groups excluding carboxylic acids is 4. The van der Waals surface area contributed by atoms with Crippen molar-refractivity contribution in [1.82, 2.24) is 10.2 Å². The minimum Gasteiger partial charge on any atom is -0.460 e. The van der Waals surface area contributed by atoms with Gasteiger partial charge in [-0.3, -0.25) is 24.5 Å². The van der Waals surface area contributed by atoms with E-state index in [0.29, 0.717) is 18.5 Å². The summed E-state index contributed by atoms with van der Waals surface area (Å²) in [6.45, 7) is 6.11. The number of hydrogen-bond donors (Lipinski definition) is 2. The van der Waals surface area contributed by atoms with Crippen molar-refractivity contribution in [3.8, 4) is 0 Å². The second-order valence-electron chi connectivity index (χ2n) is 7.99. The summed E-state index contributed by atoms with van der Waals surface area (Å²) in [4.78, 5) is 49.6. The number of fused-ring (bicyclic) bond motifs is 1. The number of hydrogen-bond acceptors (Lipinski definition) is 6. The predicted octanol–water partition coefficient (Wildman–Crippen LogP) is 1.59. The van der Waals surface area contributed by atoms with Crippen LogP contribution < -0.4 is 10.6 Å². The molecule has 1 unspecified atom stereocenters. The first kappa shape index (κ1) is 19.9. The van der Waals surface area contributed by atoms with Crippen LogP contribution in [0.25, 0.3) is 0 Å². The Labute approximate surface area is 163 Å². The van der Waals surface area contributed by atoms with Gasteiger partial charge in [0, 0.05) is 36.3 Å². The zero-order valence-electron chi connectivity index (χ0n) is 16.3. The van der Waals surface area contributed by atoms with Gasteiger partial charge in [-0.2, -0.15) is 0 Å². The number of benzene rings is 1. The van der Waals surface area contributed by atoms with Crippen LogP contribution in [0.4, 0.5) is 5.69 Å². The molecule has 8 heteroatoms. The Morgan fingerprint density at radius 3 is 2.71 bits per heavy atom. The number of piperidine rings is 1. The first-order valence-corrected chi connectivity index (χ1v) is 9.38. The minimum atomic E-state index is -0.646. The van der Waals surface area contributed by atoms with E-state index in [-0.39, 0.29) is 37.2 Å². The molecule has 2 aliphatic heterocycles. The smallest absolute Gasteiger partial charge is 0.308 e. The van der Waals surface area contributed by atoms with Crippen molar-refractivity contribution in [2.75, 3.05) is 11.9 Å². The average molecular weight is 387 g/mol. The molecule has 3 amide bonds. The van der Waals surface area contributed by atoms with E-state index in [9.17, 15) is 19.2 Å². The van der Waals surface area contributed by atoms with E-state index < -0.39 is 17.6 Å². The molecule has 1 fully saturated rings. The maximum absolute atomic E-state index is 12.8. The molecule has 0 bridgehead atoms. The second kappa shape index (κ2) is 7.61. The Hall–Kier alpha value is -2.90. The van der Waals surface area contributed by atoms with Gasteiger partial charge in [-0.1, -0.05) is 6.07 Å². The zero-order valence-corrected chi connectivity index (χ0v) is 16.3. The molecule has 1 atom stereocenters. The van der Waals surface area contributed by atoms with Crippen LogP contribution in [0.5, 0.6) is 0 Å². The lowest BCUT2D eigenvalue weighted by molar-refractivity contribution is -0.154. The van der Waals surface area contributed by atoms with Crippen LogP contribution >= 0.6 is 0 Å². The van der Waals surface area contributed by atoms with E-state index in [4.69, 9.17) is 4.74 Å². The summed E-state index contributed by atoms with van der Waals surface area (Å²) in [6.07, 6.45) is 0.745. The molecule has 1 aromatic rings. The Bertz CT molecular complexity index is 828. The molecule has 8 nitrogen and oxygen atoms in total. The van der Waals surface area contributed by atoms with Gasteiger partial charge in [0.2, 0.25) is 11.8 Å². The molecule has 0 saturated carbocycles. The Morgan fingerprint density at radius 2 is 2.04 bits per heavy atom. The topological polar surface area (TPSA) is 105 Å². The largest absolute Gasteiger partial charge is 0.460 e. The molecular formula is C20H25N3O5. The third-order valence-corrected chi connectivity index (χ3v) is 4.65. The van der Waals surface area contributed by atoms with Gasteiger partial charge < -0.3 is 15.0 Å². The number of esters is 1. The molecule has 3 rings (SSSR count). The molecular weight excluding hydrogens is 362 g/mol. The molecule has 2 heterocycles. The first-order chi connectivity index (χ1) is 13.2. The van der Waals surface area contributed by atoms with Crippen LogP contribution in [0.1, 0.15) is 56.0 Å². The second-order valence-corrected chi connectivity index (χ2v) is 7.99. The number of anilines is 1. The van der Waals surface area contributed by atoms with Crippen molar-refractivity contribution in [2.45, 2.75) is 58.2 Å². The fraction of sp³-hybridized carbons (Fsp3) is 0.500. The van der Waals surface area contributed by atoms with Gasteiger partial charge in [0.05, 0.1) is 6.42 Å². The van der Waals surface area contributed by atoms with E-state index in [2.05, 4.69) is 10.6 Å². The number of amides is 3. The molecule has 0 aliphatic carbocycles. The third kappa shape index (κ3) is 4.32. The van der Waals surface area contributed by atoms with E-state index >= 15 is 0 Å². The molecule has 28 heavy (non-hydrogen) atoms. The molecule has 0 aromatic heterocycles. The number of imide groups is 1. The van der Waals surface area contributed by atoms with Crippen LogP contribution in [0.3, 0.4) is 0 Å². The summed E-state index contributed by atoms with van der Waals surface area (Å²) >= 11 is 0. The molecule has 0 radical (unpaired) electrons. The molecule has 1 saturated heterocycles. The van der Waals surface area contributed by atoms with Gasteiger partial charge in [0.1, 0.15) is 11.6 Å². The van der Waals surface area contributed by atoms with Crippen molar-refractivity contribution in [3.05, 3.63) is 29.3 Å². The number of ether oxygens (including phenoxy) is 1. The van der Waals surface area contributed by atoms with E-state index in [1.807, 2.05) is 26.8 Å². The van der Waals surface area contributed by atoms with Gasteiger partial charge in [-0.05, 0) is 39.3 Å². The van der Waals surface area contributed by atoms with E-state index in [1.54, 1.807) is 12.1 Å². The number of carbonyl (C=O) groups is 4. The molecule has 2 aliphatic rings. The van der Waals surface area contributed by atoms with Crippen LogP contribution in [0, 0.1) is 0 Å². The average Bonchev–Trinajstić information content (AvgIpc) is 2.91. The monoisotopic (exact) mass is 387 g/mol. The summed E-state index contributed by atoms with van der Waals surface area (Å²) < 4.78 is 5.29. The van der Waals surface area contributed by atoms with Gasteiger partial charge in [-0.25, -0.2) is 0 Å². The summed E-state index contributed by atoms with van der Waals surface area (Å²) in [5.74, 6) is -1.26. The quantitative estimate of drug-likeness (QED) is 0.587. The summed E-state index contributed by atoms with van der Waals surface area (Å²) in [5.41, 5.74) is 1.55. The highest BCUT2D eigenvalue weighted by molar-refractivity contribution is 6.06. The Morgan fingerprint density at radius 1 is 1.29 bits per heavy atom. The van der Waals surface area contributed by atoms with Crippen molar-refractivity contribution >= 4 is 29.4 Å². The van der Waals surface area contributed by atoms with E-state index in [0.717, 1.165) is 11.3 Å². The van der Waals surface area contributed by atoms with E-state index in [1.165, 1.54) is 4.90 Å². The van der Waals surface area contributed by atoms with Crippen LogP contribution in [0.2, 0.25) is 0 Å². The predicted molar refractivity (Wildman–Crippen MR) is 101 cm³/mol. The lowest BCUT2D eigenvalue weighted by atomic mass is 10.0. The zero-order chi connectivity index (χ0) is 20.5. The number of rotatable bonds is 5. The van der Waals surface area contributed by atoms with Gasteiger partial charge in [0.15, 0.2) is 0 Å². The van der Waals surface area contributed by atoms with Crippen LogP contribution in [-0.2, 0) is 25.7 Å². The Kier molecular flexibility index (Phi) is 5.40. The molecule has 1 aromatic carbocycles. The van der Waals surface area contributed by atoms with Gasteiger partial charge in [0.25, 0.3) is 5.91 Å². The highest BCUT2D eigenvalue weighted by Crippen LogP contribution is 2.32. The van der Waals surface area contributed by atoms with Gasteiger partial charge in [-0.15, -0.1) is 0 Å². The lowest BCUT2D eigenvalue weighted by Gasteiger charge is -2.29. The van der Waals surface area contributed by atoms with Crippen molar-refractivity contribution < 1.29 is 23.9 Å². The fourth-order valence-corrected chi connectivity index (χ4v) is 3.44. The highest BCUT2D eigenvalue weighted by atomic mass is 16.6. The van der Waals surface area contributed by atoms with Gasteiger partial charge >= 0.3 is 5.97 Å². The van der Waals surface area contributed by atoms with Crippen molar-refractivity contribution in [1.29, 1.82) is 0 Å². The minimum absolute atomic E-state index is 0.200. The van der Waals surface area contributed by atoms with Crippen molar-refractivity contribution in [3.63, 3.8) is 0 Å². The number of nitrogens with zero attached hydrogens (tertiary/aromatic N) is 1. The molecule has 150 valence electrons. The summed E-state index contributed by atoms with van der Waals surface area (Å²) in [5, 5.41) is 5.48. The van der Waals surface area contributed by atoms with Crippen molar-refractivity contribution in [2.24, 2.45) is 0 Å². The fourth-order valence-electron chi connectivity index (χ4n) is 3.44. The van der Waals surface area contributed by atoms with Crippen LogP contribution in [0.15, 0.2) is 18.2 Å². The number of nitrogens with one attached hydrogen (secondary N) is 2. The van der Waals surface area contributed by atoms with Crippen LogP contribution in [-0.4, -0.2) is 46.8 Å². The maximum atomic E-state index is 12.8.